The lowest BCUT2D eigenvalue weighted by Gasteiger charge is -2.09. The van der Waals surface area contributed by atoms with E-state index in [4.69, 9.17) is 26.5 Å². The summed E-state index contributed by atoms with van der Waals surface area (Å²) >= 11 is 5.52. The van der Waals surface area contributed by atoms with Crippen LogP contribution >= 0.6 is 19.4 Å². The van der Waals surface area contributed by atoms with E-state index in [0.29, 0.717) is 0 Å². The lowest BCUT2D eigenvalue weighted by atomic mass is 10.2. The lowest BCUT2D eigenvalue weighted by Crippen LogP contribution is -2.01. The number of carboxylic acids is 1. The number of benzene rings is 1. The minimum atomic E-state index is -4.80. The van der Waals surface area contributed by atoms with Gasteiger partial charge in [-0.05, 0) is 12.1 Å². The van der Waals surface area contributed by atoms with Gasteiger partial charge in [0, 0.05) is 11.1 Å². The van der Waals surface area contributed by atoms with Gasteiger partial charge in [-0.25, -0.2) is 9.36 Å². The molecule has 0 heterocycles. The second-order valence-electron chi connectivity index (χ2n) is 2.53. The Labute approximate surface area is 89.3 Å². The first-order chi connectivity index (χ1) is 6.79. The molecule has 8 heteroatoms. The lowest BCUT2D eigenvalue weighted by molar-refractivity contribution is 0.0694. The summed E-state index contributed by atoms with van der Waals surface area (Å²) < 4.78 is 14.7. The number of phosphoric ester groups is 1. The van der Waals surface area contributed by atoms with E-state index < -0.39 is 19.5 Å². The fourth-order valence-corrected chi connectivity index (χ4v) is 1.45. The summed E-state index contributed by atoms with van der Waals surface area (Å²) in [5, 5.41) is 8.79. The molecule has 0 aliphatic heterocycles. The Hall–Kier alpha value is -1.07. The quantitative estimate of drug-likeness (QED) is 0.705. The molecule has 0 amide bonds. The predicted octanol–water partition coefficient (Wildman–Crippen LogP) is 1.51. The maximum absolute atomic E-state index is 10.6. The molecule has 0 aromatic heterocycles. The average Bonchev–Trinajstić information content (AvgIpc) is 1.99. The molecule has 3 N–H and O–H groups in total. The maximum atomic E-state index is 10.6. The van der Waals surface area contributed by atoms with Crippen LogP contribution in [0.2, 0.25) is 5.02 Å². The van der Waals surface area contributed by atoms with Crippen LogP contribution in [-0.4, -0.2) is 20.9 Å². The molecule has 82 valence electrons. The van der Waals surface area contributed by atoms with Gasteiger partial charge in [-0.15, -0.1) is 0 Å². The number of hydrogen-bond acceptors (Lipinski definition) is 3. The Balaban J connectivity index is 3.19. The van der Waals surface area contributed by atoms with Crippen LogP contribution in [-0.2, 0) is 4.57 Å². The molecule has 0 atom stereocenters. The first kappa shape index (κ1) is 12.0. The Bertz CT molecular complexity index is 439. The largest absolute Gasteiger partial charge is 0.524 e. The van der Waals surface area contributed by atoms with Gasteiger partial charge in [0.1, 0.15) is 11.3 Å². The summed E-state index contributed by atoms with van der Waals surface area (Å²) in [5.74, 6) is -1.83. The molecular formula is C7H6ClO6P. The normalized spacial score (nSPS) is 11.1. The second-order valence-corrected chi connectivity index (χ2v) is 4.13. The van der Waals surface area contributed by atoms with Crippen LogP contribution < -0.4 is 4.52 Å². The molecular weight excluding hydrogens is 246 g/mol. The first-order valence-corrected chi connectivity index (χ1v) is 5.48. The molecule has 0 saturated heterocycles. The number of halogens is 1. The Morgan fingerprint density at radius 2 is 2.00 bits per heavy atom. The van der Waals surface area contributed by atoms with E-state index in [-0.39, 0.29) is 10.6 Å². The number of aromatic carboxylic acids is 1. The van der Waals surface area contributed by atoms with Crippen LogP contribution in [0.15, 0.2) is 18.2 Å². The van der Waals surface area contributed by atoms with Gasteiger partial charge in [0.15, 0.2) is 0 Å². The summed E-state index contributed by atoms with van der Waals surface area (Å²) in [4.78, 5) is 27.7. The molecule has 0 fully saturated rings. The topological polar surface area (TPSA) is 104 Å². The molecule has 0 bridgehead atoms. The zero-order valence-electron chi connectivity index (χ0n) is 7.12. The third-order valence-electron chi connectivity index (χ3n) is 1.39. The van der Waals surface area contributed by atoms with E-state index >= 15 is 0 Å². The van der Waals surface area contributed by atoms with Gasteiger partial charge in [0.05, 0.1) is 0 Å². The highest BCUT2D eigenvalue weighted by molar-refractivity contribution is 7.46. The number of rotatable bonds is 3. The van der Waals surface area contributed by atoms with Gasteiger partial charge in [-0.3, -0.25) is 9.79 Å². The minimum Gasteiger partial charge on any atom is -0.478 e. The van der Waals surface area contributed by atoms with E-state index in [1.807, 2.05) is 0 Å². The maximum Gasteiger partial charge on any atom is 0.524 e. The van der Waals surface area contributed by atoms with Crippen molar-refractivity contribution < 1.29 is 28.8 Å². The third kappa shape index (κ3) is 3.53. The fraction of sp³-hybridized carbons (Fsp3) is 0. The van der Waals surface area contributed by atoms with Crippen LogP contribution in [0, 0.1) is 0 Å². The molecule has 0 aliphatic rings. The number of hydrogen-bond donors (Lipinski definition) is 3. The number of carboxylic acid groups (broad SMARTS) is 1. The van der Waals surface area contributed by atoms with E-state index in [0.717, 1.165) is 12.1 Å². The SMILES string of the molecule is O=C(O)c1ccc(Cl)cc1OP(=O)(O)O. The van der Waals surface area contributed by atoms with Crippen molar-refractivity contribution in [2.24, 2.45) is 0 Å². The van der Waals surface area contributed by atoms with Crippen molar-refractivity contribution in [3.63, 3.8) is 0 Å². The van der Waals surface area contributed by atoms with Crippen LogP contribution in [0.4, 0.5) is 0 Å². The van der Waals surface area contributed by atoms with Crippen molar-refractivity contribution in [1.29, 1.82) is 0 Å². The van der Waals surface area contributed by atoms with Crippen molar-refractivity contribution >= 4 is 25.4 Å². The Morgan fingerprint density at radius 1 is 1.40 bits per heavy atom. The van der Waals surface area contributed by atoms with Crippen molar-refractivity contribution in [2.45, 2.75) is 0 Å². The van der Waals surface area contributed by atoms with Crippen LogP contribution in [0.25, 0.3) is 0 Å². The third-order valence-corrected chi connectivity index (χ3v) is 2.06. The molecule has 6 nitrogen and oxygen atoms in total. The van der Waals surface area contributed by atoms with E-state index in [1.54, 1.807) is 0 Å². The molecule has 0 spiro atoms. The van der Waals surface area contributed by atoms with E-state index in [1.165, 1.54) is 6.07 Å². The minimum absolute atomic E-state index is 0.114. The highest BCUT2D eigenvalue weighted by Gasteiger charge is 2.21. The summed E-state index contributed by atoms with van der Waals surface area (Å²) in [6, 6.07) is 3.39. The smallest absolute Gasteiger partial charge is 0.478 e. The van der Waals surface area contributed by atoms with Crippen LogP contribution in [0.1, 0.15) is 10.4 Å². The zero-order chi connectivity index (χ0) is 11.6. The van der Waals surface area contributed by atoms with Crippen molar-refractivity contribution in [3.8, 4) is 5.75 Å². The average molecular weight is 253 g/mol. The van der Waals surface area contributed by atoms with Crippen molar-refractivity contribution in [3.05, 3.63) is 28.8 Å². The van der Waals surface area contributed by atoms with E-state index in [9.17, 15) is 9.36 Å². The summed E-state index contributed by atoms with van der Waals surface area (Å²) in [6.07, 6.45) is 0. The summed E-state index contributed by atoms with van der Waals surface area (Å²) in [7, 11) is -4.80. The fourth-order valence-electron chi connectivity index (χ4n) is 0.876. The summed E-state index contributed by atoms with van der Waals surface area (Å²) in [5.41, 5.74) is -0.372. The molecule has 1 aromatic rings. The molecule has 1 aromatic carbocycles. The highest BCUT2D eigenvalue weighted by Crippen LogP contribution is 2.39. The van der Waals surface area contributed by atoms with Crippen molar-refractivity contribution in [2.75, 3.05) is 0 Å². The van der Waals surface area contributed by atoms with Gasteiger partial charge < -0.3 is 9.63 Å². The molecule has 0 saturated carbocycles. The Kier molecular flexibility index (Phi) is 3.36. The van der Waals surface area contributed by atoms with Gasteiger partial charge in [-0.1, -0.05) is 11.6 Å². The number of phosphoric acid groups is 1. The molecule has 15 heavy (non-hydrogen) atoms. The van der Waals surface area contributed by atoms with E-state index in [2.05, 4.69) is 4.52 Å². The summed E-state index contributed by atoms with van der Waals surface area (Å²) in [6.45, 7) is 0. The number of carbonyl (C=O) groups is 1. The first-order valence-electron chi connectivity index (χ1n) is 3.57. The van der Waals surface area contributed by atoms with Gasteiger partial charge in [-0.2, -0.15) is 0 Å². The molecule has 0 unspecified atom stereocenters. The van der Waals surface area contributed by atoms with Gasteiger partial charge in [0.2, 0.25) is 0 Å². The zero-order valence-corrected chi connectivity index (χ0v) is 8.77. The monoisotopic (exact) mass is 252 g/mol. The molecule has 1 rings (SSSR count). The predicted molar refractivity (Wildman–Crippen MR) is 51.1 cm³/mol. The Morgan fingerprint density at radius 3 is 2.47 bits per heavy atom. The van der Waals surface area contributed by atoms with Crippen LogP contribution in [0.3, 0.4) is 0 Å². The standard InChI is InChI=1S/C7H6ClO6P/c8-4-1-2-5(7(9)10)6(3-4)14-15(11,12)13/h1-3H,(H,9,10)(H2,11,12,13). The van der Waals surface area contributed by atoms with Crippen molar-refractivity contribution in [1.82, 2.24) is 0 Å². The van der Waals surface area contributed by atoms with Crippen LogP contribution in [0.5, 0.6) is 5.75 Å². The van der Waals surface area contributed by atoms with Gasteiger partial charge >= 0.3 is 13.8 Å². The molecule has 0 radical (unpaired) electrons. The highest BCUT2D eigenvalue weighted by atomic mass is 35.5. The molecule has 0 aliphatic carbocycles. The second kappa shape index (κ2) is 4.20. The van der Waals surface area contributed by atoms with Gasteiger partial charge in [0.25, 0.3) is 0 Å².